The van der Waals surface area contributed by atoms with E-state index in [2.05, 4.69) is 16.5 Å². The van der Waals surface area contributed by atoms with Gasteiger partial charge in [0, 0.05) is 13.6 Å². The number of nitrogens with zero attached hydrogens (tertiary/aromatic N) is 2. The van der Waals surface area contributed by atoms with Crippen molar-refractivity contribution in [2.45, 2.75) is 39.2 Å². The molecule has 0 atom stereocenters. The first-order chi connectivity index (χ1) is 17.1. The van der Waals surface area contributed by atoms with Crippen LogP contribution in [0.4, 0.5) is 13.2 Å². The molecule has 36 heavy (non-hydrogen) atoms. The van der Waals surface area contributed by atoms with E-state index in [0.717, 1.165) is 28.8 Å². The summed E-state index contributed by atoms with van der Waals surface area (Å²) in [6.07, 6.45) is -4.11. The van der Waals surface area contributed by atoms with E-state index in [9.17, 15) is 18.0 Å². The second-order valence-corrected chi connectivity index (χ2v) is 8.68. The van der Waals surface area contributed by atoms with E-state index in [1.165, 1.54) is 16.8 Å². The van der Waals surface area contributed by atoms with E-state index in [4.69, 9.17) is 14.2 Å². The van der Waals surface area contributed by atoms with E-state index in [1.54, 1.807) is 7.05 Å². The maximum absolute atomic E-state index is 13.4. The molecule has 1 amide bonds. The van der Waals surface area contributed by atoms with Crippen LogP contribution < -0.4 is 10.1 Å². The largest absolute Gasteiger partial charge is 0.438 e. The van der Waals surface area contributed by atoms with Crippen LogP contribution in [-0.4, -0.2) is 35.4 Å². The number of rotatable bonds is 7. The maximum Gasteiger partial charge on any atom is 0.416 e. The summed E-state index contributed by atoms with van der Waals surface area (Å²) >= 11 is 0. The Hall–Kier alpha value is -3.37. The SMILES string of the molecule is Cc1ccc(CCNC(=O)c2c(C3OCCCO3)nn(C)c2Oc2cccc(C(F)(F)F)c2)c(C)c1. The minimum atomic E-state index is -4.53. The van der Waals surface area contributed by atoms with Gasteiger partial charge in [-0.15, -0.1) is 0 Å². The molecule has 0 radical (unpaired) electrons. The van der Waals surface area contributed by atoms with Crippen LogP contribution >= 0.6 is 0 Å². The van der Waals surface area contributed by atoms with Crippen LogP contribution in [0.3, 0.4) is 0 Å². The van der Waals surface area contributed by atoms with Crippen molar-refractivity contribution in [1.29, 1.82) is 0 Å². The number of hydrogen-bond donors (Lipinski definition) is 1. The highest BCUT2D eigenvalue weighted by atomic mass is 19.4. The van der Waals surface area contributed by atoms with Gasteiger partial charge in [0.15, 0.2) is 0 Å². The Kier molecular flexibility index (Phi) is 7.65. The van der Waals surface area contributed by atoms with Crippen molar-refractivity contribution in [2.24, 2.45) is 7.05 Å². The van der Waals surface area contributed by atoms with Crippen LogP contribution in [0.5, 0.6) is 11.6 Å². The van der Waals surface area contributed by atoms with Gasteiger partial charge >= 0.3 is 6.18 Å². The molecule has 1 N–H and O–H groups in total. The number of hydrogen-bond acceptors (Lipinski definition) is 5. The molecular weight excluding hydrogens is 475 g/mol. The van der Waals surface area contributed by atoms with Gasteiger partial charge in [0.2, 0.25) is 12.2 Å². The minimum absolute atomic E-state index is 0.00823. The third-order valence-corrected chi connectivity index (χ3v) is 5.85. The molecule has 4 rings (SSSR count). The summed E-state index contributed by atoms with van der Waals surface area (Å²) < 4.78 is 58.0. The van der Waals surface area contributed by atoms with Crippen molar-refractivity contribution in [2.75, 3.05) is 19.8 Å². The minimum Gasteiger partial charge on any atom is -0.438 e. The first-order valence-electron chi connectivity index (χ1n) is 11.6. The highest BCUT2D eigenvalue weighted by molar-refractivity contribution is 5.98. The van der Waals surface area contributed by atoms with Crippen molar-refractivity contribution in [3.8, 4) is 11.6 Å². The topological polar surface area (TPSA) is 74.6 Å². The lowest BCUT2D eigenvalue weighted by atomic mass is 10.0. The van der Waals surface area contributed by atoms with Crippen molar-refractivity contribution >= 4 is 5.91 Å². The lowest BCUT2D eigenvalue weighted by molar-refractivity contribution is -0.185. The van der Waals surface area contributed by atoms with Gasteiger partial charge in [-0.05, 0) is 56.0 Å². The normalized spacial score (nSPS) is 14.6. The van der Waals surface area contributed by atoms with Gasteiger partial charge in [0.1, 0.15) is 17.0 Å². The average molecular weight is 504 g/mol. The molecule has 0 spiro atoms. The highest BCUT2D eigenvalue weighted by Gasteiger charge is 2.33. The van der Waals surface area contributed by atoms with Crippen LogP contribution in [0.2, 0.25) is 0 Å². The Bertz CT molecular complexity index is 1230. The number of benzene rings is 2. The van der Waals surface area contributed by atoms with E-state index in [-0.39, 0.29) is 22.9 Å². The lowest BCUT2D eigenvalue weighted by Crippen LogP contribution is -2.28. The summed E-state index contributed by atoms with van der Waals surface area (Å²) in [4.78, 5) is 13.4. The zero-order chi connectivity index (χ0) is 25.9. The number of aryl methyl sites for hydroxylation is 3. The van der Waals surface area contributed by atoms with Crippen molar-refractivity contribution in [3.05, 3.63) is 76.0 Å². The fourth-order valence-corrected chi connectivity index (χ4v) is 4.04. The van der Waals surface area contributed by atoms with E-state index in [0.29, 0.717) is 32.6 Å². The standard InChI is InChI=1S/C26H28F3N3O4/c1-16-8-9-18(17(2)14-16)10-11-30-23(33)21-22(25-34-12-5-13-35-25)31-32(3)24(21)36-20-7-4-6-19(15-20)26(27,28)29/h4,6-9,14-15,25H,5,10-13H2,1-3H3,(H,30,33). The molecule has 2 heterocycles. The summed E-state index contributed by atoms with van der Waals surface area (Å²) in [6.45, 7) is 5.23. The van der Waals surface area contributed by atoms with Crippen molar-refractivity contribution in [1.82, 2.24) is 15.1 Å². The third-order valence-electron chi connectivity index (χ3n) is 5.85. The van der Waals surface area contributed by atoms with Gasteiger partial charge < -0.3 is 19.5 Å². The number of nitrogens with one attached hydrogen (secondary N) is 1. The highest BCUT2D eigenvalue weighted by Crippen LogP contribution is 2.36. The molecule has 2 aromatic carbocycles. The van der Waals surface area contributed by atoms with Crippen LogP contribution in [0, 0.1) is 13.8 Å². The fraction of sp³-hybridized carbons (Fsp3) is 0.385. The van der Waals surface area contributed by atoms with Gasteiger partial charge in [-0.1, -0.05) is 29.8 Å². The lowest BCUT2D eigenvalue weighted by Gasteiger charge is -2.22. The van der Waals surface area contributed by atoms with Gasteiger partial charge in [0.25, 0.3) is 5.91 Å². The molecule has 0 unspecified atom stereocenters. The smallest absolute Gasteiger partial charge is 0.416 e. The summed E-state index contributed by atoms with van der Waals surface area (Å²) in [7, 11) is 1.54. The van der Waals surface area contributed by atoms with E-state index < -0.39 is 23.9 Å². The number of alkyl halides is 3. The number of aromatic nitrogens is 2. The molecule has 0 saturated carbocycles. The second kappa shape index (κ2) is 10.7. The Labute approximate surface area is 207 Å². The van der Waals surface area contributed by atoms with Gasteiger partial charge in [0.05, 0.1) is 18.8 Å². The zero-order valence-electron chi connectivity index (χ0n) is 20.3. The molecule has 1 saturated heterocycles. The Balaban J connectivity index is 1.61. The zero-order valence-corrected chi connectivity index (χ0v) is 20.3. The van der Waals surface area contributed by atoms with Crippen molar-refractivity contribution < 1.29 is 32.2 Å². The summed E-state index contributed by atoms with van der Waals surface area (Å²) in [5.74, 6) is -0.567. The predicted molar refractivity (Wildman–Crippen MR) is 126 cm³/mol. The van der Waals surface area contributed by atoms with Gasteiger partial charge in [-0.25, -0.2) is 4.68 Å². The van der Waals surface area contributed by atoms with E-state index >= 15 is 0 Å². The first kappa shape index (κ1) is 25.7. The number of halogens is 3. The Morgan fingerprint density at radius 1 is 1.17 bits per heavy atom. The van der Waals surface area contributed by atoms with Crippen LogP contribution in [-0.2, 0) is 29.1 Å². The van der Waals surface area contributed by atoms with E-state index in [1.807, 2.05) is 26.0 Å². The number of carbonyl (C=O) groups excluding carboxylic acids is 1. The fourth-order valence-electron chi connectivity index (χ4n) is 4.04. The number of carbonyl (C=O) groups is 1. The average Bonchev–Trinajstić information content (AvgIpc) is 3.16. The van der Waals surface area contributed by atoms with Crippen LogP contribution in [0.15, 0.2) is 42.5 Å². The molecule has 0 aliphatic carbocycles. The summed E-state index contributed by atoms with van der Waals surface area (Å²) in [5, 5.41) is 7.25. The van der Waals surface area contributed by atoms with Crippen molar-refractivity contribution in [3.63, 3.8) is 0 Å². The molecule has 1 aromatic heterocycles. The molecule has 1 aliphatic rings. The second-order valence-electron chi connectivity index (χ2n) is 8.68. The molecule has 10 heteroatoms. The summed E-state index contributed by atoms with van der Waals surface area (Å²) in [5.41, 5.74) is 2.80. The molecule has 3 aromatic rings. The Morgan fingerprint density at radius 3 is 2.61 bits per heavy atom. The number of ether oxygens (including phenoxy) is 3. The maximum atomic E-state index is 13.4. The Morgan fingerprint density at radius 2 is 1.92 bits per heavy atom. The summed E-state index contributed by atoms with van der Waals surface area (Å²) in [6, 6.07) is 10.6. The molecule has 1 aliphatic heterocycles. The first-order valence-corrected chi connectivity index (χ1v) is 11.6. The van der Waals surface area contributed by atoms with Crippen LogP contribution in [0.1, 0.15) is 51.0 Å². The molecule has 1 fully saturated rings. The van der Waals surface area contributed by atoms with Gasteiger partial charge in [-0.2, -0.15) is 18.3 Å². The molecule has 192 valence electrons. The monoisotopic (exact) mass is 503 g/mol. The van der Waals surface area contributed by atoms with Gasteiger partial charge in [-0.3, -0.25) is 4.79 Å². The molecule has 0 bridgehead atoms. The molecule has 7 nitrogen and oxygen atoms in total. The quantitative estimate of drug-likeness (QED) is 0.476. The number of amides is 1. The van der Waals surface area contributed by atoms with Crippen LogP contribution in [0.25, 0.3) is 0 Å². The molecular formula is C26H28F3N3O4. The third kappa shape index (κ3) is 5.88. The predicted octanol–water partition coefficient (Wildman–Crippen LogP) is 5.26.